The number of amides is 1. The SMILES string of the molecule is Cc1nccc2c(S(=O)(=O)NC3(C)CCN(C(=O)OCc4ccccc4)C3)cccc12. The van der Waals surface area contributed by atoms with E-state index in [0.717, 1.165) is 16.6 Å². The van der Waals surface area contributed by atoms with Gasteiger partial charge in [-0.15, -0.1) is 0 Å². The Morgan fingerprint density at radius 1 is 1.13 bits per heavy atom. The number of likely N-dealkylation sites (tertiary alicyclic amines) is 1. The molecule has 2 aromatic carbocycles. The first kappa shape index (κ1) is 21.3. The summed E-state index contributed by atoms with van der Waals surface area (Å²) in [7, 11) is -3.81. The van der Waals surface area contributed by atoms with Gasteiger partial charge in [0.05, 0.1) is 4.90 Å². The van der Waals surface area contributed by atoms with E-state index < -0.39 is 21.7 Å². The van der Waals surface area contributed by atoms with Crippen LogP contribution in [-0.2, 0) is 21.4 Å². The smallest absolute Gasteiger partial charge is 0.410 e. The molecular weight excluding hydrogens is 414 g/mol. The van der Waals surface area contributed by atoms with Crippen molar-refractivity contribution in [3.05, 3.63) is 72.1 Å². The molecular formula is C23H25N3O4S. The number of nitrogens with one attached hydrogen (secondary N) is 1. The molecule has 1 aliphatic heterocycles. The van der Waals surface area contributed by atoms with Gasteiger partial charge in [-0.05, 0) is 38.0 Å². The van der Waals surface area contributed by atoms with Crippen molar-refractivity contribution >= 4 is 26.9 Å². The van der Waals surface area contributed by atoms with Gasteiger partial charge in [-0.1, -0.05) is 42.5 Å². The third-order valence-corrected chi connectivity index (χ3v) is 7.27. The first-order chi connectivity index (χ1) is 14.8. The van der Waals surface area contributed by atoms with Crippen molar-refractivity contribution in [2.75, 3.05) is 13.1 Å². The Balaban J connectivity index is 1.47. The number of rotatable bonds is 5. The Hall–Kier alpha value is -2.97. The summed E-state index contributed by atoms with van der Waals surface area (Å²) in [6.45, 7) is 4.51. The molecule has 1 aromatic heterocycles. The Kier molecular flexibility index (Phi) is 5.68. The normalized spacial score (nSPS) is 19.0. The van der Waals surface area contributed by atoms with Crippen LogP contribution in [0.4, 0.5) is 4.79 Å². The molecule has 7 nitrogen and oxygen atoms in total. The molecule has 4 rings (SSSR count). The number of carbonyl (C=O) groups is 1. The maximum atomic E-state index is 13.2. The van der Waals surface area contributed by atoms with E-state index in [4.69, 9.17) is 4.74 Å². The first-order valence-corrected chi connectivity index (χ1v) is 11.6. The van der Waals surface area contributed by atoms with Gasteiger partial charge in [-0.3, -0.25) is 4.98 Å². The molecule has 1 amide bonds. The van der Waals surface area contributed by atoms with Crippen molar-refractivity contribution < 1.29 is 17.9 Å². The van der Waals surface area contributed by atoms with E-state index in [9.17, 15) is 13.2 Å². The second kappa shape index (κ2) is 8.28. The second-order valence-electron chi connectivity index (χ2n) is 8.13. The van der Waals surface area contributed by atoms with Gasteiger partial charge in [-0.2, -0.15) is 0 Å². The third kappa shape index (κ3) is 4.55. The van der Waals surface area contributed by atoms with Crippen LogP contribution in [0.15, 0.2) is 65.7 Å². The number of pyridine rings is 1. The number of nitrogens with zero attached hydrogens (tertiary/aromatic N) is 2. The topological polar surface area (TPSA) is 88.6 Å². The summed E-state index contributed by atoms with van der Waals surface area (Å²) in [6, 6.07) is 16.3. The van der Waals surface area contributed by atoms with Crippen molar-refractivity contribution in [2.45, 2.75) is 37.3 Å². The molecule has 1 saturated heterocycles. The van der Waals surface area contributed by atoms with Gasteiger partial charge in [0.15, 0.2) is 0 Å². The molecule has 2 heterocycles. The highest BCUT2D eigenvalue weighted by atomic mass is 32.2. The van der Waals surface area contributed by atoms with Crippen molar-refractivity contribution in [1.29, 1.82) is 0 Å². The highest BCUT2D eigenvalue weighted by Gasteiger charge is 2.40. The van der Waals surface area contributed by atoms with E-state index >= 15 is 0 Å². The fourth-order valence-electron chi connectivity index (χ4n) is 3.95. The van der Waals surface area contributed by atoms with E-state index in [1.54, 1.807) is 29.3 Å². The molecule has 0 radical (unpaired) electrons. The van der Waals surface area contributed by atoms with E-state index in [1.165, 1.54) is 0 Å². The summed E-state index contributed by atoms with van der Waals surface area (Å²) in [5, 5.41) is 1.43. The quantitative estimate of drug-likeness (QED) is 0.656. The highest BCUT2D eigenvalue weighted by molar-refractivity contribution is 7.89. The van der Waals surface area contributed by atoms with Crippen LogP contribution in [0, 0.1) is 6.92 Å². The maximum absolute atomic E-state index is 13.2. The van der Waals surface area contributed by atoms with Gasteiger partial charge in [0, 0.05) is 41.3 Å². The zero-order chi connectivity index (χ0) is 22.1. The Morgan fingerprint density at radius 3 is 2.68 bits per heavy atom. The number of aryl methyl sites for hydroxylation is 1. The second-order valence-corrected chi connectivity index (χ2v) is 9.78. The van der Waals surface area contributed by atoms with Crippen LogP contribution in [0.25, 0.3) is 10.8 Å². The van der Waals surface area contributed by atoms with Crippen LogP contribution in [0.3, 0.4) is 0 Å². The number of fused-ring (bicyclic) bond motifs is 1. The number of carbonyl (C=O) groups excluding carboxylic acids is 1. The number of aromatic nitrogens is 1. The van der Waals surface area contributed by atoms with Crippen LogP contribution in [-0.4, -0.2) is 43.0 Å². The zero-order valence-electron chi connectivity index (χ0n) is 17.5. The Bertz CT molecular complexity index is 1210. The van der Waals surface area contributed by atoms with E-state index in [1.807, 2.05) is 50.2 Å². The van der Waals surface area contributed by atoms with Gasteiger partial charge < -0.3 is 9.64 Å². The standard InChI is InChI=1S/C23H25N3O4S/c1-17-19-9-6-10-21(20(19)11-13-24-17)31(28,29)25-23(2)12-14-26(16-23)22(27)30-15-18-7-4-3-5-8-18/h3-11,13,25H,12,14-16H2,1-2H3. The zero-order valence-corrected chi connectivity index (χ0v) is 18.4. The van der Waals surface area contributed by atoms with Crippen molar-refractivity contribution in [1.82, 2.24) is 14.6 Å². The molecule has 0 bridgehead atoms. The van der Waals surface area contributed by atoms with Crippen LogP contribution in [0.5, 0.6) is 0 Å². The monoisotopic (exact) mass is 439 g/mol. The van der Waals surface area contributed by atoms with Gasteiger partial charge in [0.25, 0.3) is 0 Å². The lowest BCUT2D eigenvalue weighted by molar-refractivity contribution is 0.102. The molecule has 31 heavy (non-hydrogen) atoms. The summed E-state index contributed by atoms with van der Waals surface area (Å²) in [5.74, 6) is 0. The minimum Gasteiger partial charge on any atom is -0.445 e. The average Bonchev–Trinajstić information content (AvgIpc) is 3.13. The van der Waals surface area contributed by atoms with Crippen LogP contribution in [0.1, 0.15) is 24.6 Å². The minimum absolute atomic E-state index is 0.183. The average molecular weight is 440 g/mol. The molecule has 1 unspecified atom stereocenters. The molecule has 162 valence electrons. The molecule has 1 aliphatic rings. The van der Waals surface area contributed by atoms with E-state index in [2.05, 4.69) is 9.71 Å². The molecule has 1 fully saturated rings. The summed E-state index contributed by atoms with van der Waals surface area (Å²) >= 11 is 0. The van der Waals surface area contributed by atoms with Gasteiger partial charge in [-0.25, -0.2) is 17.9 Å². The number of hydrogen-bond donors (Lipinski definition) is 1. The fraction of sp³-hybridized carbons (Fsp3) is 0.304. The molecule has 1 N–H and O–H groups in total. The first-order valence-electron chi connectivity index (χ1n) is 10.1. The van der Waals surface area contributed by atoms with Gasteiger partial charge in [0.1, 0.15) is 6.61 Å². The minimum atomic E-state index is -3.81. The van der Waals surface area contributed by atoms with Crippen LogP contribution in [0.2, 0.25) is 0 Å². The lowest BCUT2D eigenvalue weighted by Gasteiger charge is -2.26. The van der Waals surface area contributed by atoms with Gasteiger partial charge >= 0.3 is 6.09 Å². The maximum Gasteiger partial charge on any atom is 0.410 e. The predicted octanol–water partition coefficient (Wildman–Crippen LogP) is 3.62. The lowest BCUT2D eigenvalue weighted by atomic mass is 10.0. The highest BCUT2D eigenvalue weighted by Crippen LogP contribution is 2.28. The largest absolute Gasteiger partial charge is 0.445 e. The van der Waals surface area contributed by atoms with Crippen LogP contribution < -0.4 is 4.72 Å². The summed E-state index contributed by atoms with van der Waals surface area (Å²) in [6.07, 6.45) is 1.66. The molecule has 0 spiro atoms. The number of ether oxygens (including phenoxy) is 1. The molecule has 3 aromatic rings. The summed E-state index contributed by atoms with van der Waals surface area (Å²) < 4.78 is 34.7. The van der Waals surface area contributed by atoms with E-state index in [-0.39, 0.29) is 18.0 Å². The summed E-state index contributed by atoms with van der Waals surface area (Å²) in [5.41, 5.74) is 0.891. The third-order valence-electron chi connectivity index (χ3n) is 5.57. The van der Waals surface area contributed by atoms with Crippen molar-refractivity contribution in [3.63, 3.8) is 0 Å². The van der Waals surface area contributed by atoms with Gasteiger partial charge in [0.2, 0.25) is 10.0 Å². The number of sulfonamides is 1. The number of hydrogen-bond acceptors (Lipinski definition) is 5. The molecule has 8 heteroatoms. The Morgan fingerprint density at radius 2 is 1.90 bits per heavy atom. The van der Waals surface area contributed by atoms with E-state index in [0.29, 0.717) is 18.4 Å². The van der Waals surface area contributed by atoms with Crippen molar-refractivity contribution in [2.24, 2.45) is 0 Å². The molecule has 1 atom stereocenters. The lowest BCUT2D eigenvalue weighted by Crippen LogP contribution is -2.48. The Labute approximate surface area is 182 Å². The van der Waals surface area contributed by atoms with Crippen LogP contribution >= 0.6 is 0 Å². The fourth-order valence-corrected chi connectivity index (χ4v) is 5.60. The number of benzene rings is 2. The summed E-state index contributed by atoms with van der Waals surface area (Å²) in [4.78, 5) is 18.5. The van der Waals surface area contributed by atoms with Crippen molar-refractivity contribution in [3.8, 4) is 0 Å². The molecule has 0 saturated carbocycles. The predicted molar refractivity (Wildman–Crippen MR) is 118 cm³/mol. The molecule has 0 aliphatic carbocycles.